The fourth-order valence-electron chi connectivity index (χ4n) is 4.61. The van der Waals surface area contributed by atoms with Crippen LogP contribution in [0.25, 0.3) is 10.4 Å². The predicted octanol–water partition coefficient (Wildman–Crippen LogP) is 5.45. The molecule has 0 saturated carbocycles. The van der Waals surface area contributed by atoms with E-state index >= 15 is 0 Å². The summed E-state index contributed by atoms with van der Waals surface area (Å²) in [6.45, 7) is 1.43. The summed E-state index contributed by atoms with van der Waals surface area (Å²) in [5.41, 5.74) is 2.87. The Balaban J connectivity index is 1.63. The van der Waals surface area contributed by atoms with Gasteiger partial charge >= 0.3 is 0 Å². The van der Waals surface area contributed by atoms with Crippen LogP contribution in [0.1, 0.15) is 16.7 Å². The van der Waals surface area contributed by atoms with Gasteiger partial charge in [-0.3, -0.25) is 10.1 Å². The van der Waals surface area contributed by atoms with Gasteiger partial charge in [-0.05, 0) is 55.6 Å². The summed E-state index contributed by atoms with van der Waals surface area (Å²) in [7, 11) is 5.44. The number of halogens is 2. The molecule has 12 heteroatoms. The third kappa shape index (κ3) is 5.38. The third-order valence-electron chi connectivity index (χ3n) is 6.46. The fourth-order valence-corrected chi connectivity index (χ4v) is 5.93. The maximum atomic E-state index is 14.7. The maximum absolute atomic E-state index is 14.7. The molecule has 2 aromatic heterocycles. The first kappa shape index (κ1) is 26.4. The largest absolute Gasteiger partial charge is 0.480 e. The molecule has 9 nitrogen and oxygen atoms in total. The highest BCUT2D eigenvalue weighted by Crippen LogP contribution is 2.46. The number of fused-ring (bicyclic) bond motifs is 1. The average molecular weight is 553 g/mol. The number of aromatic nitrogens is 2. The molecule has 4 aromatic rings. The number of hydrogen-bond acceptors (Lipinski definition) is 9. The fraction of sp³-hybridized carbons (Fsp3) is 0.259. The molecule has 1 aliphatic heterocycles. The second-order valence-electron chi connectivity index (χ2n) is 9.41. The maximum Gasteiger partial charge on any atom is 0.269 e. The monoisotopic (exact) mass is 552 g/mol. The van der Waals surface area contributed by atoms with E-state index in [1.54, 1.807) is 24.3 Å². The van der Waals surface area contributed by atoms with E-state index in [0.717, 1.165) is 26.6 Å². The first-order valence-electron chi connectivity index (χ1n) is 12.1. The number of non-ortho nitro benzene ring substituents is 1. The summed E-state index contributed by atoms with van der Waals surface area (Å²) >= 11 is 1.52. The average Bonchev–Trinajstić information content (AvgIpc) is 3.28. The summed E-state index contributed by atoms with van der Waals surface area (Å²) in [6.07, 6.45) is 0. The Morgan fingerprint density at radius 3 is 2.36 bits per heavy atom. The Labute approximate surface area is 228 Å². The van der Waals surface area contributed by atoms with E-state index in [4.69, 9.17) is 4.74 Å². The van der Waals surface area contributed by atoms with Gasteiger partial charge in [0.1, 0.15) is 11.6 Å². The van der Waals surface area contributed by atoms with Crippen molar-refractivity contribution >= 4 is 27.8 Å². The molecule has 2 aromatic carbocycles. The number of methoxy groups -OCH3 is 1. The highest BCUT2D eigenvalue weighted by atomic mass is 32.1. The smallest absolute Gasteiger partial charge is 0.269 e. The lowest BCUT2D eigenvalue weighted by Crippen LogP contribution is -2.42. The molecular weight excluding hydrogens is 526 g/mol. The number of rotatable bonds is 8. The van der Waals surface area contributed by atoms with E-state index in [2.05, 4.69) is 10.2 Å². The number of ether oxygens (including phenoxy) is 1. The van der Waals surface area contributed by atoms with E-state index in [-0.39, 0.29) is 17.8 Å². The summed E-state index contributed by atoms with van der Waals surface area (Å²) < 4.78 is 34.6. The zero-order valence-electron chi connectivity index (χ0n) is 21.6. The SMILES string of the molecule is COc1ccc(N2Cc3c(sc(-c4ccc([N+](=O)[O-])cc4)c3CN(C)C)N(Cc3c(F)cccc3F)C2)nn1. The molecule has 202 valence electrons. The van der Waals surface area contributed by atoms with Gasteiger partial charge in [0, 0.05) is 47.3 Å². The summed E-state index contributed by atoms with van der Waals surface area (Å²) in [4.78, 5) is 17.7. The second-order valence-corrected chi connectivity index (χ2v) is 10.4. The molecule has 39 heavy (non-hydrogen) atoms. The lowest BCUT2D eigenvalue weighted by Gasteiger charge is -2.37. The zero-order valence-corrected chi connectivity index (χ0v) is 22.4. The van der Waals surface area contributed by atoms with Crippen LogP contribution >= 0.6 is 11.3 Å². The van der Waals surface area contributed by atoms with Crippen molar-refractivity contribution in [1.82, 2.24) is 15.1 Å². The Bertz CT molecular complexity index is 1470. The molecular formula is C27H26F2N6O3S. The van der Waals surface area contributed by atoms with E-state index in [1.807, 2.05) is 28.8 Å². The van der Waals surface area contributed by atoms with E-state index in [9.17, 15) is 18.9 Å². The molecule has 0 saturated heterocycles. The first-order chi connectivity index (χ1) is 18.7. The number of nitrogens with zero attached hydrogens (tertiary/aromatic N) is 6. The van der Waals surface area contributed by atoms with Crippen LogP contribution in [0, 0.1) is 21.7 Å². The highest BCUT2D eigenvalue weighted by Gasteiger charge is 2.32. The van der Waals surface area contributed by atoms with Crippen LogP contribution in [0.5, 0.6) is 5.88 Å². The van der Waals surface area contributed by atoms with Crippen molar-refractivity contribution in [1.29, 1.82) is 0 Å². The van der Waals surface area contributed by atoms with E-state index < -0.39 is 16.6 Å². The van der Waals surface area contributed by atoms with Crippen LogP contribution < -0.4 is 14.5 Å². The Morgan fingerprint density at radius 1 is 1.05 bits per heavy atom. The van der Waals surface area contributed by atoms with Crippen molar-refractivity contribution < 1.29 is 18.4 Å². The topological polar surface area (TPSA) is 87.9 Å². The van der Waals surface area contributed by atoms with Crippen molar-refractivity contribution in [2.24, 2.45) is 0 Å². The van der Waals surface area contributed by atoms with Crippen LogP contribution in [0.3, 0.4) is 0 Å². The standard InChI is InChI=1S/C27H26F2N6O3S/c1-32(2)13-19-20-14-33(24-11-12-25(38-3)31-30-24)16-34(15-21-22(28)5-4-6-23(21)29)27(20)39-26(19)17-7-9-18(10-8-17)35(36)37/h4-12H,13-16H2,1-3H3. The summed E-state index contributed by atoms with van der Waals surface area (Å²) in [5.74, 6) is -0.248. The molecule has 1 aliphatic rings. The van der Waals surface area contributed by atoms with Gasteiger partial charge < -0.3 is 19.4 Å². The van der Waals surface area contributed by atoms with E-state index in [1.165, 1.54) is 48.8 Å². The number of thiophene rings is 1. The molecule has 0 amide bonds. The van der Waals surface area contributed by atoms with Gasteiger partial charge in [0.05, 0.1) is 30.2 Å². The predicted molar refractivity (Wildman–Crippen MR) is 146 cm³/mol. The molecule has 0 radical (unpaired) electrons. The van der Waals surface area contributed by atoms with Crippen LogP contribution in [-0.4, -0.2) is 47.9 Å². The molecule has 0 atom stereocenters. The Kier molecular flexibility index (Phi) is 7.40. The Morgan fingerprint density at radius 2 is 1.77 bits per heavy atom. The first-order valence-corrected chi connectivity index (χ1v) is 12.9. The number of hydrogen-bond donors (Lipinski definition) is 0. The van der Waals surface area contributed by atoms with Crippen LogP contribution in [-0.2, 0) is 19.6 Å². The molecule has 0 unspecified atom stereocenters. The second kappa shape index (κ2) is 10.9. The van der Waals surface area contributed by atoms with Crippen LogP contribution in [0.15, 0.2) is 54.6 Å². The summed E-state index contributed by atoms with van der Waals surface area (Å²) in [6, 6.07) is 13.8. The van der Waals surface area contributed by atoms with Gasteiger partial charge in [-0.25, -0.2) is 8.78 Å². The molecule has 3 heterocycles. The van der Waals surface area contributed by atoms with Gasteiger partial charge in [0.2, 0.25) is 5.88 Å². The molecule has 0 N–H and O–H groups in total. The van der Waals surface area contributed by atoms with E-state index in [0.29, 0.717) is 31.5 Å². The van der Waals surface area contributed by atoms with Crippen LogP contribution in [0.4, 0.5) is 25.3 Å². The Hall–Kier alpha value is -4.16. The van der Waals surface area contributed by atoms with Crippen LogP contribution in [0.2, 0.25) is 0 Å². The van der Waals surface area contributed by atoms with Crippen molar-refractivity contribution in [3.63, 3.8) is 0 Å². The lowest BCUT2D eigenvalue weighted by atomic mass is 10.0. The number of nitro groups is 1. The molecule has 5 rings (SSSR count). The van der Waals surface area contributed by atoms with Gasteiger partial charge in [-0.1, -0.05) is 6.07 Å². The van der Waals surface area contributed by atoms with Gasteiger partial charge in [0.25, 0.3) is 5.69 Å². The van der Waals surface area contributed by atoms with Crippen molar-refractivity contribution in [2.45, 2.75) is 19.6 Å². The number of anilines is 2. The number of benzene rings is 2. The summed E-state index contributed by atoms with van der Waals surface area (Å²) in [5, 5.41) is 20.5. The molecule has 0 spiro atoms. The van der Waals surface area contributed by atoms with Gasteiger partial charge in [0.15, 0.2) is 5.82 Å². The number of nitro benzene ring substituents is 1. The van der Waals surface area contributed by atoms with Crippen molar-refractivity contribution in [2.75, 3.05) is 37.7 Å². The minimum atomic E-state index is -0.612. The minimum absolute atomic E-state index is 0.00715. The van der Waals surface area contributed by atoms with Gasteiger partial charge in [-0.15, -0.1) is 21.5 Å². The molecule has 0 bridgehead atoms. The third-order valence-corrected chi connectivity index (χ3v) is 7.84. The molecule has 0 fully saturated rings. The van der Waals surface area contributed by atoms with Gasteiger partial charge in [-0.2, -0.15) is 0 Å². The zero-order chi connectivity index (χ0) is 27.7. The van der Waals surface area contributed by atoms with Crippen molar-refractivity contribution in [3.05, 3.63) is 93.0 Å². The quantitative estimate of drug-likeness (QED) is 0.211. The minimum Gasteiger partial charge on any atom is -0.480 e. The van der Waals surface area contributed by atoms with Crippen molar-refractivity contribution in [3.8, 4) is 16.3 Å². The normalized spacial score (nSPS) is 13.1. The highest BCUT2D eigenvalue weighted by molar-refractivity contribution is 7.19. The molecule has 0 aliphatic carbocycles. The lowest BCUT2D eigenvalue weighted by molar-refractivity contribution is -0.384.